The summed E-state index contributed by atoms with van der Waals surface area (Å²) in [5.41, 5.74) is 5.43. The van der Waals surface area contributed by atoms with Crippen molar-refractivity contribution >= 4 is 5.84 Å². The van der Waals surface area contributed by atoms with E-state index in [0.29, 0.717) is 0 Å². The van der Waals surface area contributed by atoms with Gasteiger partial charge in [-0.25, -0.2) is 4.98 Å². The number of hydrogen-bond acceptors (Lipinski definition) is 2. The predicted octanol–water partition coefficient (Wildman–Crippen LogP) is 1.41. The number of imidazole rings is 1. The summed E-state index contributed by atoms with van der Waals surface area (Å²) in [5.74, 6) is 1.40. The molecule has 0 aliphatic rings. The van der Waals surface area contributed by atoms with Crippen LogP contribution in [0.15, 0.2) is 12.4 Å². The van der Waals surface area contributed by atoms with Crippen LogP contribution < -0.4 is 5.73 Å². The molecule has 0 bridgehead atoms. The Labute approximate surface area is 84.7 Å². The van der Waals surface area contributed by atoms with Crippen LogP contribution in [0.3, 0.4) is 0 Å². The van der Waals surface area contributed by atoms with Crippen molar-refractivity contribution in [1.29, 1.82) is 5.41 Å². The first-order chi connectivity index (χ1) is 6.65. The summed E-state index contributed by atoms with van der Waals surface area (Å²) in [6.45, 7) is 4.84. The molecule has 1 aromatic heterocycles. The van der Waals surface area contributed by atoms with Gasteiger partial charge in [0.2, 0.25) is 0 Å². The molecule has 0 spiro atoms. The summed E-state index contributed by atoms with van der Waals surface area (Å²) in [6.07, 6.45) is 5.82. The smallest absolute Gasteiger partial charge is 0.108 e. The van der Waals surface area contributed by atoms with Crippen molar-refractivity contribution in [2.45, 2.75) is 33.2 Å². The number of aryl methyl sites for hydroxylation is 1. The van der Waals surface area contributed by atoms with Crippen molar-refractivity contribution in [3.05, 3.63) is 18.2 Å². The minimum absolute atomic E-state index is 0.0832. The van der Waals surface area contributed by atoms with Crippen molar-refractivity contribution in [3.8, 4) is 0 Å². The van der Waals surface area contributed by atoms with E-state index in [9.17, 15) is 0 Å². The molecule has 4 heteroatoms. The Kier molecular flexibility index (Phi) is 3.68. The molecule has 0 amide bonds. The van der Waals surface area contributed by atoms with Crippen LogP contribution in [-0.2, 0) is 13.0 Å². The lowest BCUT2D eigenvalue weighted by atomic mass is 10.1. The number of hydrogen-bond donors (Lipinski definition) is 2. The molecule has 0 aliphatic carbocycles. The van der Waals surface area contributed by atoms with Crippen LogP contribution in [-0.4, -0.2) is 15.4 Å². The van der Waals surface area contributed by atoms with Gasteiger partial charge in [0.1, 0.15) is 5.82 Å². The van der Waals surface area contributed by atoms with Gasteiger partial charge in [-0.15, -0.1) is 0 Å². The Morgan fingerprint density at radius 3 is 3.00 bits per heavy atom. The zero-order valence-electron chi connectivity index (χ0n) is 8.83. The highest BCUT2D eigenvalue weighted by Crippen LogP contribution is 2.05. The molecular formula is C10H18N4. The molecule has 1 atom stereocenters. The summed E-state index contributed by atoms with van der Waals surface area (Å²) in [4.78, 5) is 4.27. The highest BCUT2D eigenvalue weighted by molar-refractivity contribution is 5.79. The fourth-order valence-electron chi connectivity index (χ4n) is 1.35. The van der Waals surface area contributed by atoms with Crippen LogP contribution in [0, 0.1) is 11.3 Å². The molecule has 0 saturated heterocycles. The maximum Gasteiger partial charge on any atom is 0.108 e. The highest BCUT2D eigenvalue weighted by atomic mass is 15.1. The first-order valence-corrected chi connectivity index (χ1v) is 4.99. The minimum Gasteiger partial charge on any atom is -0.387 e. The molecule has 1 unspecified atom stereocenters. The maximum absolute atomic E-state index is 7.32. The third-order valence-corrected chi connectivity index (χ3v) is 2.28. The lowest BCUT2D eigenvalue weighted by Gasteiger charge is -2.12. The van der Waals surface area contributed by atoms with Gasteiger partial charge in [0.25, 0.3) is 0 Å². The standard InChI is InChI=1S/C10H18N4/c1-3-4-9-13-5-6-14(9)7-8(2)10(11)12/h5-6,8H,3-4,7H2,1-2H3,(H3,11,12). The lowest BCUT2D eigenvalue weighted by molar-refractivity contribution is 0.563. The van der Waals surface area contributed by atoms with Gasteiger partial charge in [-0.2, -0.15) is 0 Å². The predicted molar refractivity (Wildman–Crippen MR) is 57.3 cm³/mol. The van der Waals surface area contributed by atoms with Gasteiger partial charge in [0.05, 0.1) is 5.84 Å². The van der Waals surface area contributed by atoms with Crippen molar-refractivity contribution in [2.75, 3.05) is 0 Å². The van der Waals surface area contributed by atoms with E-state index in [1.807, 2.05) is 13.1 Å². The Hall–Kier alpha value is -1.32. The number of rotatable bonds is 5. The van der Waals surface area contributed by atoms with E-state index in [1.165, 1.54) is 0 Å². The molecule has 0 fully saturated rings. The molecule has 0 radical (unpaired) electrons. The second kappa shape index (κ2) is 4.79. The lowest BCUT2D eigenvalue weighted by Crippen LogP contribution is -2.24. The van der Waals surface area contributed by atoms with Crippen LogP contribution in [0.2, 0.25) is 0 Å². The molecule has 1 heterocycles. The maximum atomic E-state index is 7.32. The molecule has 4 nitrogen and oxygen atoms in total. The molecule has 0 aliphatic heterocycles. The molecule has 1 aromatic rings. The number of nitrogens with zero attached hydrogens (tertiary/aromatic N) is 2. The fourth-order valence-corrected chi connectivity index (χ4v) is 1.35. The van der Waals surface area contributed by atoms with Crippen molar-refractivity contribution in [1.82, 2.24) is 9.55 Å². The first kappa shape index (κ1) is 10.8. The van der Waals surface area contributed by atoms with Gasteiger partial charge in [0.15, 0.2) is 0 Å². The Bertz CT molecular complexity index is 303. The average molecular weight is 194 g/mol. The average Bonchev–Trinajstić information content (AvgIpc) is 2.53. The van der Waals surface area contributed by atoms with E-state index in [4.69, 9.17) is 11.1 Å². The SMILES string of the molecule is CCCc1nccn1CC(C)C(=N)N. The third-order valence-electron chi connectivity index (χ3n) is 2.28. The second-order valence-electron chi connectivity index (χ2n) is 3.60. The summed E-state index contributed by atoms with van der Waals surface area (Å²) in [7, 11) is 0. The van der Waals surface area contributed by atoms with Crippen molar-refractivity contribution in [2.24, 2.45) is 11.7 Å². The minimum atomic E-state index is 0.0832. The van der Waals surface area contributed by atoms with E-state index in [1.54, 1.807) is 6.20 Å². The first-order valence-electron chi connectivity index (χ1n) is 4.99. The summed E-state index contributed by atoms with van der Waals surface area (Å²) >= 11 is 0. The van der Waals surface area contributed by atoms with E-state index < -0.39 is 0 Å². The number of nitrogens with one attached hydrogen (secondary N) is 1. The van der Waals surface area contributed by atoms with Gasteiger partial charge < -0.3 is 10.3 Å². The molecule has 0 saturated carbocycles. The van der Waals surface area contributed by atoms with Crippen molar-refractivity contribution < 1.29 is 0 Å². The number of nitrogens with two attached hydrogens (primary N) is 1. The van der Waals surface area contributed by atoms with Crippen LogP contribution in [0.1, 0.15) is 26.1 Å². The Balaban J connectivity index is 2.66. The van der Waals surface area contributed by atoms with Crippen LogP contribution in [0.5, 0.6) is 0 Å². The van der Waals surface area contributed by atoms with Crippen LogP contribution in [0.4, 0.5) is 0 Å². The van der Waals surface area contributed by atoms with Gasteiger partial charge >= 0.3 is 0 Å². The van der Waals surface area contributed by atoms with Gasteiger partial charge in [-0.1, -0.05) is 13.8 Å². The quantitative estimate of drug-likeness (QED) is 0.549. The van der Waals surface area contributed by atoms with E-state index in [0.717, 1.165) is 25.2 Å². The monoisotopic (exact) mass is 194 g/mol. The van der Waals surface area contributed by atoms with Gasteiger partial charge in [-0.05, 0) is 6.42 Å². The van der Waals surface area contributed by atoms with Crippen LogP contribution in [0.25, 0.3) is 0 Å². The van der Waals surface area contributed by atoms with E-state index >= 15 is 0 Å². The molecule has 14 heavy (non-hydrogen) atoms. The van der Waals surface area contributed by atoms with Crippen molar-refractivity contribution in [3.63, 3.8) is 0 Å². The zero-order chi connectivity index (χ0) is 10.6. The largest absolute Gasteiger partial charge is 0.387 e. The van der Waals surface area contributed by atoms with E-state index in [-0.39, 0.29) is 11.8 Å². The van der Waals surface area contributed by atoms with E-state index in [2.05, 4.69) is 16.5 Å². The highest BCUT2D eigenvalue weighted by Gasteiger charge is 2.08. The molecule has 3 N–H and O–H groups in total. The van der Waals surface area contributed by atoms with Gasteiger partial charge in [0, 0.05) is 31.3 Å². The van der Waals surface area contributed by atoms with Gasteiger partial charge in [-0.3, -0.25) is 5.41 Å². The molecule has 0 aromatic carbocycles. The summed E-state index contributed by atoms with van der Waals surface area (Å²) < 4.78 is 2.08. The Morgan fingerprint density at radius 1 is 1.71 bits per heavy atom. The van der Waals surface area contributed by atoms with Crippen LogP contribution >= 0.6 is 0 Å². The fraction of sp³-hybridized carbons (Fsp3) is 0.600. The molecule has 1 rings (SSSR count). The Morgan fingerprint density at radius 2 is 2.43 bits per heavy atom. The summed E-state index contributed by atoms with van der Waals surface area (Å²) in [6, 6.07) is 0. The third kappa shape index (κ3) is 2.58. The second-order valence-corrected chi connectivity index (χ2v) is 3.60. The number of amidine groups is 1. The molecular weight excluding hydrogens is 176 g/mol. The number of aromatic nitrogens is 2. The zero-order valence-corrected chi connectivity index (χ0v) is 8.83. The summed E-state index contributed by atoms with van der Waals surface area (Å²) in [5, 5.41) is 7.32. The molecule has 78 valence electrons. The topological polar surface area (TPSA) is 67.7 Å². The normalized spacial score (nSPS) is 12.7.